The molecule has 1 aliphatic carbocycles. The molecule has 0 saturated heterocycles. The molecule has 2 aliphatic heterocycles. The number of rotatable bonds is 0. The second-order valence-electron chi connectivity index (χ2n) is 3.07. The number of nitrogens with two attached hydrogens (primary N) is 1. The topological polar surface area (TPSA) is 38.0 Å². The van der Waals surface area contributed by atoms with E-state index in [4.69, 9.17) is 5.73 Å². The molecule has 0 aromatic carbocycles. The van der Waals surface area contributed by atoms with Crippen LogP contribution in [0, 0.1) is 11.8 Å². The maximum absolute atomic E-state index is 5.80. The minimum absolute atomic E-state index is 0.380. The first-order valence-electron chi connectivity index (χ1n) is 3.49. The zero-order chi connectivity index (χ0) is 6.43. The smallest absolute Gasteiger partial charge is 0.0444 e. The minimum Gasteiger partial charge on any atom is -0.387 e. The molecule has 2 nitrogen and oxygen atoms in total. The molecule has 2 bridgehead atoms. The third-order valence-electron chi connectivity index (χ3n) is 2.64. The predicted octanol–water partition coefficient (Wildman–Crippen LogP) is 0.0651. The molecule has 0 aromatic heterocycles. The largest absolute Gasteiger partial charge is 0.387 e. The van der Waals surface area contributed by atoms with E-state index in [1.54, 1.807) is 0 Å². The lowest BCUT2D eigenvalue weighted by Gasteiger charge is -2.50. The summed E-state index contributed by atoms with van der Waals surface area (Å²) in [6.45, 7) is 2.25. The van der Waals surface area contributed by atoms with Gasteiger partial charge in [0.1, 0.15) is 0 Å². The Hall–Kier alpha value is -0.500. The highest BCUT2D eigenvalue weighted by atomic mass is 15.0. The fourth-order valence-corrected chi connectivity index (χ4v) is 1.88. The van der Waals surface area contributed by atoms with E-state index in [0.29, 0.717) is 18.0 Å². The summed E-state index contributed by atoms with van der Waals surface area (Å²) in [5.74, 6) is 1.40. The van der Waals surface area contributed by atoms with Gasteiger partial charge in [-0.1, -0.05) is 13.0 Å². The third kappa shape index (κ3) is 0.491. The summed E-state index contributed by atoms with van der Waals surface area (Å²) in [5.41, 5.74) is 5.80. The first kappa shape index (κ1) is 5.30. The molecular weight excluding hydrogens is 112 g/mol. The Kier molecular flexibility index (Phi) is 0.887. The van der Waals surface area contributed by atoms with Crippen molar-refractivity contribution in [3.63, 3.8) is 0 Å². The molecule has 0 aromatic rings. The Morgan fingerprint density at radius 1 is 1.56 bits per heavy atom. The van der Waals surface area contributed by atoms with Crippen molar-refractivity contribution in [2.24, 2.45) is 17.6 Å². The van der Waals surface area contributed by atoms with Gasteiger partial charge in [-0.05, 0) is 12.1 Å². The maximum atomic E-state index is 5.80. The highest BCUT2D eigenvalue weighted by Crippen LogP contribution is 2.36. The van der Waals surface area contributed by atoms with Gasteiger partial charge in [0.05, 0.1) is 0 Å². The average Bonchev–Trinajstić information content (AvgIpc) is 1.91. The van der Waals surface area contributed by atoms with Crippen LogP contribution in [0.2, 0.25) is 0 Å². The van der Waals surface area contributed by atoms with E-state index in [2.05, 4.69) is 18.3 Å². The van der Waals surface area contributed by atoms with Gasteiger partial charge in [0.15, 0.2) is 0 Å². The highest BCUT2D eigenvalue weighted by Gasteiger charge is 2.45. The Morgan fingerprint density at radius 3 is 2.56 bits per heavy atom. The quantitative estimate of drug-likeness (QED) is 0.479. The van der Waals surface area contributed by atoms with Gasteiger partial charge in [-0.3, -0.25) is 0 Å². The van der Waals surface area contributed by atoms with E-state index >= 15 is 0 Å². The first-order chi connectivity index (χ1) is 4.30. The summed E-state index contributed by atoms with van der Waals surface area (Å²) < 4.78 is 0. The molecule has 0 spiro atoms. The predicted molar refractivity (Wildman–Crippen MR) is 36.7 cm³/mol. The summed E-state index contributed by atoms with van der Waals surface area (Å²) in [6.07, 6.45) is 4.20. The van der Waals surface area contributed by atoms with Crippen molar-refractivity contribution in [1.82, 2.24) is 5.32 Å². The van der Waals surface area contributed by atoms with Crippen LogP contribution in [-0.4, -0.2) is 12.1 Å². The summed E-state index contributed by atoms with van der Waals surface area (Å²) in [4.78, 5) is 0. The standard InChI is InChI=1S/C7H12N2/c1-4-5-2-3-9-7(4)6(5)8/h2-7,9H,8H2,1H3. The van der Waals surface area contributed by atoms with Gasteiger partial charge in [-0.25, -0.2) is 0 Å². The molecule has 50 valence electrons. The number of fused-ring (bicyclic) bond motifs is 1. The molecule has 0 radical (unpaired) electrons. The fourth-order valence-electron chi connectivity index (χ4n) is 1.88. The second kappa shape index (κ2) is 1.51. The Morgan fingerprint density at radius 2 is 2.33 bits per heavy atom. The molecule has 9 heavy (non-hydrogen) atoms. The summed E-state index contributed by atoms with van der Waals surface area (Å²) in [7, 11) is 0. The van der Waals surface area contributed by atoms with E-state index in [9.17, 15) is 0 Å². The van der Waals surface area contributed by atoms with Gasteiger partial charge in [-0.2, -0.15) is 0 Å². The molecular formula is C7H12N2. The van der Waals surface area contributed by atoms with E-state index in [1.807, 2.05) is 6.20 Å². The number of nitrogens with one attached hydrogen (secondary N) is 1. The number of hydrogen-bond acceptors (Lipinski definition) is 2. The Balaban J connectivity index is 2.21. The SMILES string of the molecule is CC1C2C=CNC1C2N. The lowest BCUT2D eigenvalue weighted by Crippen LogP contribution is -2.66. The van der Waals surface area contributed by atoms with Crippen LogP contribution in [-0.2, 0) is 0 Å². The molecule has 4 unspecified atom stereocenters. The first-order valence-corrected chi connectivity index (χ1v) is 3.49. The van der Waals surface area contributed by atoms with Crippen LogP contribution in [0.1, 0.15) is 6.92 Å². The van der Waals surface area contributed by atoms with Gasteiger partial charge >= 0.3 is 0 Å². The molecule has 3 aliphatic rings. The third-order valence-corrected chi connectivity index (χ3v) is 2.64. The second-order valence-corrected chi connectivity index (χ2v) is 3.07. The van der Waals surface area contributed by atoms with Crippen LogP contribution in [0.4, 0.5) is 0 Å². The van der Waals surface area contributed by atoms with Crippen LogP contribution in [0.3, 0.4) is 0 Å². The normalized spacial score (nSPS) is 54.0. The van der Waals surface area contributed by atoms with Gasteiger partial charge in [0, 0.05) is 18.0 Å². The van der Waals surface area contributed by atoms with E-state index < -0.39 is 0 Å². The van der Waals surface area contributed by atoms with Crippen molar-refractivity contribution in [1.29, 1.82) is 0 Å². The lowest BCUT2D eigenvalue weighted by atomic mass is 9.65. The van der Waals surface area contributed by atoms with Gasteiger partial charge in [-0.15, -0.1) is 0 Å². The Labute approximate surface area is 55.1 Å². The lowest BCUT2D eigenvalue weighted by molar-refractivity contribution is 0.119. The van der Waals surface area contributed by atoms with Gasteiger partial charge < -0.3 is 11.1 Å². The van der Waals surface area contributed by atoms with E-state index in [-0.39, 0.29) is 0 Å². The van der Waals surface area contributed by atoms with Crippen LogP contribution in [0.15, 0.2) is 12.3 Å². The van der Waals surface area contributed by atoms with Crippen molar-refractivity contribution in [2.45, 2.75) is 19.0 Å². The zero-order valence-corrected chi connectivity index (χ0v) is 5.54. The van der Waals surface area contributed by atoms with Gasteiger partial charge in [0.2, 0.25) is 0 Å². The van der Waals surface area contributed by atoms with Crippen molar-refractivity contribution in [3.05, 3.63) is 12.3 Å². The zero-order valence-electron chi connectivity index (χ0n) is 5.54. The minimum atomic E-state index is 0.380. The molecule has 3 N–H and O–H groups in total. The van der Waals surface area contributed by atoms with Crippen molar-refractivity contribution in [2.75, 3.05) is 0 Å². The fraction of sp³-hybridized carbons (Fsp3) is 0.714. The van der Waals surface area contributed by atoms with Crippen molar-refractivity contribution in [3.8, 4) is 0 Å². The van der Waals surface area contributed by atoms with Crippen LogP contribution in [0.25, 0.3) is 0 Å². The summed E-state index contributed by atoms with van der Waals surface area (Å²) in [5, 5.41) is 3.24. The average molecular weight is 124 g/mol. The van der Waals surface area contributed by atoms with Crippen molar-refractivity contribution >= 4 is 0 Å². The monoisotopic (exact) mass is 124 g/mol. The van der Waals surface area contributed by atoms with Crippen LogP contribution < -0.4 is 11.1 Å². The number of hydrogen-bond donors (Lipinski definition) is 2. The molecule has 2 heterocycles. The molecule has 3 rings (SSSR count). The molecule has 1 saturated carbocycles. The highest BCUT2D eigenvalue weighted by molar-refractivity contribution is 5.16. The molecule has 2 heteroatoms. The maximum Gasteiger partial charge on any atom is 0.0444 e. The Bertz CT molecular complexity index is 143. The summed E-state index contributed by atoms with van der Waals surface area (Å²) >= 11 is 0. The van der Waals surface area contributed by atoms with Crippen LogP contribution in [0.5, 0.6) is 0 Å². The van der Waals surface area contributed by atoms with Crippen molar-refractivity contribution < 1.29 is 0 Å². The molecule has 4 atom stereocenters. The summed E-state index contributed by atoms with van der Waals surface area (Å²) in [6, 6.07) is 0.935. The van der Waals surface area contributed by atoms with Crippen LogP contribution >= 0.6 is 0 Å². The van der Waals surface area contributed by atoms with E-state index in [1.165, 1.54) is 0 Å². The van der Waals surface area contributed by atoms with Gasteiger partial charge in [0.25, 0.3) is 0 Å². The van der Waals surface area contributed by atoms with E-state index in [0.717, 1.165) is 5.92 Å². The molecule has 0 amide bonds. The molecule has 1 fully saturated rings.